The second kappa shape index (κ2) is 5.41. The first kappa shape index (κ1) is 13.1. The van der Waals surface area contributed by atoms with Gasteiger partial charge in [-0.2, -0.15) is 0 Å². The molecule has 0 saturated carbocycles. The number of halogens is 1. The molecule has 0 fully saturated rings. The fourth-order valence-electron chi connectivity index (χ4n) is 1.48. The van der Waals surface area contributed by atoms with Crippen molar-refractivity contribution in [2.24, 2.45) is 11.7 Å². The van der Waals surface area contributed by atoms with Crippen LogP contribution in [0.1, 0.15) is 25.5 Å². The van der Waals surface area contributed by atoms with Crippen LogP contribution in [0.4, 0.5) is 0 Å². The number of benzene rings is 1. The van der Waals surface area contributed by atoms with Crippen LogP contribution in [-0.2, 0) is 0 Å². The Morgan fingerprint density at radius 2 is 1.62 bits per heavy atom. The molecule has 2 N–H and O–H groups in total. The minimum Gasteiger partial charge on any atom is -0.493 e. The molecule has 0 aliphatic carbocycles. The second-order valence-electron chi connectivity index (χ2n) is 4.00. The number of nitrogens with two attached hydrogens (primary N) is 1. The van der Waals surface area contributed by atoms with Gasteiger partial charge < -0.3 is 15.2 Å². The number of hydrogen-bond donors (Lipinski definition) is 1. The smallest absolute Gasteiger partial charge is 0.162 e. The molecule has 0 bridgehead atoms. The Bertz CT molecular complexity index is 366. The molecule has 16 heavy (non-hydrogen) atoms. The summed E-state index contributed by atoms with van der Waals surface area (Å²) < 4.78 is 10.4. The minimum absolute atomic E-state index is 0.104. The van der Waals surface area contributed by atoms with Gasteiger partial charge in [0.2, 0.25) is 0 Å². The highest BCUT2D eigenvalue weighted by molar-refractivity contribution is 6.31. The predicted octanol–water partition coefficient (Wildman–Crippen LogP) is 3.01. The molecule has 0 aliphatic heterocycles. The molecule has 0 aromatic heterocycles. The maximum Gasteiger partial charge on any atom is 0.162 e. The largest absolute Gasteiger partial charge is 0.493 e. The van der Waals surface area contributed by atoms with Crippen LogP contribution < -0.4 is 15.2 Å². The zero-order valence-electron chi connectivity index (χ0n) is 10.1. The van der Waals surface area contributed by atoms with Gasteiger partial charge in [-0.05, 0) is 17.5 Å². The summed E-state index contributed by atoms with van der Waals surface area (Å²) in [7, 11) is 3.17. The molecule has 1 rings (SSSR count). The van der Waals surface area contributed by atoms with Crippen molar-refractivity contribution in [2.75, 3.05) is 14.2 Å². The van der Waals surface area contributed by atoms with E-state index in [2.05, 4.69) is 13.8 Å². The van der Waals surface area contributed by atoms with Crippen LogP contribution in [0.5, 0.6) is 11.5 Å². The van der Waals surface area contributed by atoms with Gasteiger partial charge in [-0.15, -0.1) is 0 Å². The summed E-state index contributed by atoms with van der Waals surface area (Å²) in [4.78, 5) is 0. The Morgan fingerprint density at radius 3 is 2.06 bits per heavy atom. The Kier molecular flexibility index (Phi) is 4.44. The van der Waals surface area contributed by atoms with Gasteiger partial charge in [-0.25, -0.2) is 0 Å². The van der Waals surface area contributed by atoms with Crippen LogP contribution in [-0.4, -0.2) is 14.2 Å². The monoisotopic (exact) mass is 243 g/mol. The summed E-state index contributed by atoms with van der Waals surface area (Å²) in [5.74, 6) is 1.58. The zero-order chi connectivity index (χ0) is 12.3. The van der Waals surface area contributed by atoms with Gasteiger partial charge in [-0.3, -0.25) is 0 Å². The molecule has 0 radical (unpaired) electrons. The van der Waals surface area contributed by atoms with E-state index in [0.29, 0.717) is 22.4 Å². The zero-order valence-corrected chi connectivity index (χ0v) is 10.8. The van der Waals surface area contributed by atoms with E-state index in [4.69, 9.17) is 26.8 Å². The van der Waals surface area contributed by atoms with Crippen LogP contribution in [0.15, 0.2) is 12.1 Å². The average Bonchev–Trinajstić information content (AvgIpc) is 2.27. The first-order valence-electron chi connectivity index (χ1n) is 5.18. The highest BCUT2D eigenvalue weighted by atomic mass is 35.5. The van der Waals surface area contributed by atoms with E-state index in [-0.39, 0.29) is 6.04 Å². The van der Waals surface area contributed by atoms with Gasteiger partial charge >= 0.3 is 0 Å². The minimum atomic E-state index is -0.104. The Morgan fingerprint density at radius 1 is 1.12 bits per heavy atom. The summed E-state index contributed by atoms with van der Waals surface area (Å²) in [5, 5.41) is 0.610. The molecular weight excluding hydrogens is 226 g/mol. The van der Waals surface area contributed by atoms with E-state index in [0.717, 1.165) is 5.56 Å². The van der Waals surface area contributed by atoms with Gasteiger partial charge in [0.1, 0.15) is 0 Å². The van der Waals surface area contributed by atoms with Crippen LogP contribution in [0.3, 0.4) is 0 Å². The van der Waals surface area contributed by atoms with Crippen molar-refractivity contribution in [1.29, 1.82) is 0 Å². The normalized spacial score (nSPS) is 12.7. The predicted molar refractivity (Wildman–Crippen MR) is 66.3 cm³/mol. The number of rotatable bonds is 4. The molecule has 1 aromatic carbocycles. The summed E-state index contributed by atoms with van der Waals surface area (Å²) in [6.45, 7) is 4.11. The molecule has 0 saturated heterocycles. The van der Waals surface area contributed by atoms with Gasteiger partial charge in [0.25, 0.3) is 0 Å². The molecular formula is C12H18ClNO2. The van der Waals surface area contributed by atoms with Crippen molar-refractivity contribution in [1.82, 2.24) is 0 Å². The SMILES string of the molecule is COc1cc(Cl)c(C(N)C(C)C)cc1OC. The lowest BCUT2D eigenvalue weighted by Gasteiger charge is -2.19. The molecule has 0 amide bonds. The van der Waals surface area contributed by atoms with Crippen molar-refractivity contribution in [3.63, 3.8) is 0 Å². The topological polar surface area (TPSA) is 44.5 Å². The molecule has 0 heterocycles. The molecule has 0 spiro atoms. The molecule has 3 nitrogen and oxygen atoms in total. The number of methoxy groups -OCH3 is 2. The Labute approximate surface area is 101 Å². The second-order valence-corrected chi connectivity index (χ2v) is 4.41. The summed E-state index contributed by atoms with van der Waals surface area (Å²) in [5.41, 5.74) is 6.96. The van der Waals surface area contributed by atoms with Crippen molar-refractivity contribution in [2.45, 2.75) is 19.9 Å². The summed E-state index contributed by atoms with van der Waals surface area (Å²) >= 11 is 6.16. The molecule has 90 valence electrons. The highest BCUT2D eigenvalue weighted by Crippen LogP contribution is 2.36. The quantitative estimate of drug-likeness (QED) is 0.884. The highest BCUT2D eigenvalue weighted by Gasteiger charge is 2.17. The molecule has 1 atom stereocenters. The van der Waals surface area contributed by atoms with Crippen LogP contribution in [0, 0.1) is 5.92 Å². The van der Waals surface area contributed by atoms with Crippen molar-refractivity contribution in [3.8, 4) is 11.5 Å². The first-order chi connectivity index (χ1) is 7.51. The lowest BCUT2D eigenvalue weighted by molar-refractivity contribution is 0.353. The maximum atomic E-state index is 6.16. The van der Waals surface area contributed by atoms with Gasteiger partial charge in [-0.1, -0.05) is 25.4 Å². The fraction of sp³-hybridized carbons (Fsp3) is 0.500. The van der Waals surface area contributed by atoms with Gasteiger partial charge in [0.15, 0.2) is 11.5 Å². The summed E-state index contributed by atoms with van der Waals surface area (Å²) in [6, 6.07) is 3.47. The maximum absolute atomic E-state index is 6.16. The van der Waals surface area contributed by atoms with Crippen molar-refractivity contribution >= 4 is 11.6 Å². The van der Waals surface area contributed by atoms with Crippen LogP contribution in [0.2, 0.25) is 5.02 Å². The molecule has 0 aliphatic rings. The van der Waals surface area contributed by atoms with E-state index >= 15 is 0 Å². The molecule has 1 aromatic rings. The average molecular weight is 244 g/mol. The number of hydrogen-bond acceptors (Lipinski definition) is 3. The third kappa shape index (κ3) is 2.60. The standard InChI is InChI=1S/C12H18ClNO2/c1-7(2)12(14)8-5-10(15-3)11(16-4)6-9(8)13/h5-7,12H,14H2,1-4H3. The Balaban J connectivity index is 3.21. The van der Waals surface area contributed by atoms with Crippen molar-refractivity contribution in [3.05, 3.63) is 22.7 Å². The van der Waals surface area contributed by atoms with E-state index < -0.39 is 0 Å². The third-order valence-electron chi connectivity index (χ3n) is 2.58. The van der Waals surface area contributed by atoms with Crippen LogP contribution >= 0.6 is 11.6 Å². The fourth-order valence-corrected chi connectivity index (χ4v) is 1.76. The van der Waals surface area contributed by atoms with E-state index in [1.165, 1.54) is 0 Å². The van der Waals surface area contributed by atoms with Crippen molar-refractivity contribution < 1.29 is 9.47 Å². The van der Waals surface area contributed by atoms with E-state index in [1.54, 1.807) is 20.3 Å². The molecule has 4 heteroatoms. The Hall–Kier alpha value is -0.930. The van der Waals surface area contributed by atoms with E-state index in [9.17, 15) is 0 Å². The lowest BCUT2D eigenvalue weighted by Crippen LogP contribution is -2.17. The lowest BCUT2D eigenvalue weighted by atomic mass is 9.96. The number of ether oxygens (including phenoxy) is 2. The third-order valence-corrected chi connectivity index (χ3v) is 2.91. The van der Waals surface area contributed by atoms with E-state index in [1.807, 2.05) is 6.07 Å². The molecule has 1 unspecified atom stereocenters. The van der Waals surface area contributed by atoms with Gasteiger partial charge in [0.05, 0.1) is 14.2 Å². The van der Waals surface area contributed by atoms with Gasteiger partial charge in [0, 0.05) is 17.1 Å². The summed E-state index contributed by atoms with van der Waals surface area (Å²) in [6.07, 6.45) is 0. The van der Waals surface area contributed by atoms with Crippen LogP contribution in [0.25, 0.3) is 0 Å². The first-order valence-corrected chi connectivity index (χ1v) is 5.56.